The molecule has 27 heavy (non-hydrogen) atoms. The Hall–Kier alpha value is -2.15. The van der Waals surface area contributed by atoms with Gasteiger partial charge in [0.1, 0.15) is 17.2 Å². The minimum Gasteiger partial charge on any atom is -0.487 e. The molecule has 0 atom stereocenters. The number of aromatic nitrogens is 1. The number of amides is 2. The first-order valence-electron chi connectivity index (χ1n) is 9.48. The number of hydrogen-bond acceptors (Lipinski definition) is 4. The van der Waals surface area contributed by atoms with Crippen LogP contribution in [0.25, 0.3) is 0 Å². The quantitative estimate of drug-likeness (QED) is 0.820. The Morgan fingerprint density at radius 3 is 2.85 bits per heavy atom. The SMILES string of the molecule is CCc1sc(NC(=O)N2CCC3(CCc4ccc(F)cc4O3)CC2)nc1C. The van der Waals surface area contributed by atoms with E-state index in [0.717, 1.165) is 43.4 Å². The second kappa shape index (κ2) is 7.11. The van der Waals surface area contributed by atoms with E-state index in [1.54, 1.807) is 6.07 Å². The highest BCUT2D eigenvalue weighted by molar-refractivity contribution is 7.15. The zero-order chi connectivity index (χ0) is 19.0. The molecule has 2 aromatic rings. The number of hydrogen-bond donors (Lipinski definition) is 1. The molecule has 2 aliphatic rings. The fourth-order valence-electron chi connectivity index (χ4n) is 3.93. The minimum absolute atomic E-state index is 0.108. The third-order valence-corrected chi connectivity index (χ3v) is 6.81. The topological polar surface area (TPSA) is 54.5 Å². The highest BCUT2D eigenvalue weighted by Gasteiger charge is 2.40. The summed E-state index contributed by atoms with van der Waals surface area (Å²) in [4.78, 5) is 20.0. The summed E-state index contributed by atoms with van der Waals surface area (Å²) in [5.74, 6) is 0.386. The van der Waals surface area contributed by atoms with Crippen molar-refractivity contribution in [1.82, 2.24) is 9.88 Å². The second-order valence-electron chi connectivity index (χ2n) is 7.34. The number of thiazole rings is 1. The number of piperidine rings is 1. The number of nitrogens with zero attached hydrogens (tertiary/aromatic N) is 2. The number of benzene rings is 1. The van der Waals surface area contributed by atoms with Gasteiger partial charge < -0.3 is 9.64 Å². The smallest absolute Gasteiger partial charge is 0.323 e. The van der Waals surface area contributed by atoms with Crippen LogP contribution in [0.15, 0.2) is 18.2 Å². The minimum atomic E-state index is -0.287. The zero-order valence-corrected chi connectivity index (χ0v) is 16.5. The van der Waals surface area contributed by atoms with Gasteiger partial charge >= 0.3 is 6.03 Å². The van der Waals surface area contributed by atoms with Crippen LogP contribution in [0.4, 0.5) is 14.3 Å². The summed E-state index contributed by atoms with van der Waals surface area (Å²) < 4.78 is 19.7. The van der Waals surface area contributed by atoms with Crippen molar-refractivity contribution in [1.29, 1.82) is 0 Å². The number of ether oxygens (including phenoxy) is 1. The van der Waals surface area contributed by atoms with Crippen molar-refractivity contribution in [3.8, 4) is 5.75 Å². The van der Waals surface area contributed by atoms with Crippen LogP contribution < -0.4 is 10.1 Å². The fraction of sp³-hybridized carbons (Fsp3) is 0.500. The first kappa shape index (κ1) is 18.2. The van der Waals surface area contributed by atoms with Gasteiger partial charge in [0.2, 0.25) is 0 Å². The zero-order valence-electron chi connectivity index (χ0n) is 15.7. The molecule has 1 spiro atoms. The first-order chi connectivity index (χ1) is 13.0. The number of fused-ring (bicyclic) bond motifs is 1. The number of aryl methyl sites for hydroxylation is 3. The number of likely N-dealkylation sites (tertiary alicyclic amines) is 1. The largest absolute Gasteiger partial charge is 0.487 e. The van der Waals surface area contributed by atoms with Crippen LogP contribution in [0.5, 0.6) is 5.75 Å². The summed E-state index contributed by atoms with van der Waals surface area (Å²) in [6, 6.07) is 4.66. The maximum Gasteiger partial charge on any atom is 0.323 e. The molecule has 5 nitrogen and oxygen atoms in total. The molecule has 0 bridgehead atoms. The van der Waals surface area contributed by atoms with Crippen molar-refractivity contribution in [3.05, 3.63) is 40.2 Å². The van der Waals surface area contributed by atoms with Gasteiger partial charge in [0.25, 0.3) is 0 Å². The summed E-state index contributed by atoms with van der Waals surface area (Å²) in [6.45, 7) is 5.31. The molecule has 144 valence electrons. The molecule has 1 N–H and O–H groups in total. The maximum absolute atomic E-state index is 13.5. The molecule has 4 rings (SSSR count). The predicted octanol–water partition coefficient (Wildman–Crippen LogP) is 4.54. The van der Waals surface area contributed by atoms with E-state index in [4.69, 9.17) is 4.74 Å². The van der Waals surface area contributed by atoms with E-state index in [2.05, 4.69) is 17.2 Å². The van der Waals surface area contributed by atoms with E-state index >= 15 is 0 Å². The monoisotopic (exact) mass is 389 g/mol. The van der Waals surface area contributed by atoms with Gasteiger partial charge in [-0.1, -0.05) is 13.0 Å². The summed E-state index contributed by atoms with van der Waals surface area (Å²) in [7, 11) is 0. The molecule has 0 saturated carbocycles. The van der Waals surface area contributed by atoms with Crippen LogP contribution >= 0.6 is 11.3 Å². The number of anilines is 1. The summed E-state index contributed by atoms with van der Waals surface area (Å²) >= 11 is 1.54. The molecule has 7 heteroatoms. The number of rotatable bonds is 2. The number of nitrogens with one attached hydrogen (secondary N) is 1. The van der Waals surface area contributed by atoms with Crippen molar-refractivity contribution in [2.24, 2.45) is 0 Å². The van der Waals surface area contributed by atoms with Crippen LogP contribution in [0.3, 0.4) is 0 Å². The molecule has 0 unspecified atom stereocenters. The van der Waals surface area contributed by atoms with Crippen molar-refractivity contribution in [2.75, 3.05) is 18.4 Å². The van der Waals surface area contributed by atoms with Gasteiger partial charge in [-0.3, -0.25) is 5.32 Å². The molecule has 1 saturated heterocycles. The molecular formula is C20H24FN3O2S. The lowest BCUT2D eigenvalue weighted by Gasteiger charge is -2.44. The molecular weight excluding hydrogens is 365 g/mol. The Morgan fingerprint density at radius 1 is 1.37 bits per heavy atom. The van der Waals surface area contributed by atoms with E-state index in [9.17, 15) is 9.18 Å². The van der Waals surface area contributed by atoms with Crippen molar-refractivity contribution in [2.45, 2.75) is 51.6 Å². The van der Waals surface area contributed by atoms with Gasteiger partial charge in [0.15, 0.2) is 5.13 Å². The second-order valence-corrected chi connectivity index (χ2v) is 8.42. The highest BCUT2D eigenvalue weighted by Crippen LogP contribution is 2.39. The van der Waals surface area contributed by atoms with Crippen LogP contribution in [0.2, 0.25) is 0 Å². The fourth-order valence-corrected chi connectivity index (χ4v) is 4.82. The molecule has 3 heterocycles. The first-order valence-corrected chi connectivity index (χ1v) is 10.3. The molecule has 2 amide bonds. The summed E-state index contributed by atoms with van der Waals surface area (Å²) in [5.41, 5.74) is 1.76. The summed E-state index contributed by atoms with van der Waals surface area (Å²) in [5, 5.41) is 3.59. The van der Waals surface area contributed by atoms with Gasteiger partial charge in [-0.2, -0.15) is 0 Å². The molecule has 0 radical (unpaired) electrons. The molecule has 2 aliphatic heterocycles. The van der Waals surface area contributed by atoms with E-state index in [1.165, 1.54) is 28.3 Å². The average molecular weight is 389 g/mol. The Kier molecular flexibility index (Phi) is 4.80. The lowest BCUT2D eigenvalue weighted by Crippen LogP contribution is -2.52. The lowest BCUT2D eigenvalue weighted by atomic mass is 9.83. The summed E-state index contributed by atoms with van der Waals surface area (Å²) in [6.07, 6.45) is 4.23. The van der Waals surface area contributed by atoms with E-state index in [-0.39, 0.29) is 17.4 Å². The van der Waals surface area contributed by atoms with Gasteiger partial charge in [-0.15, -0.1) is 11.3 Å². The third kappa shape index (κ3) is 3.65. The Morgan fingerprint density at radius 2 is 2.15 bits per heavy atom. The van der Waals surface area contributed by atoms with Gasteiger partial charge in [-0.25, -0.2) is 14.2 Å². The van der Waals surface area contributed by atoms with Crippen molar-refractivity contribution < 1.29 is 13.9 Å². The van der Waals surface area contributed by atoms with Gasteiger partial charge in [-0.05, 0) is 37.8 Å². The van der Waals surface area contributed by atoms with Gasteiger partial charge in [0.05, 0.1) is 5.69 Å². The number of halogens is 1. The standard InChI is InChI=1S/C20H24FN3O2S/c1-3-17-13(2)22-18(27-17)23-19(25)24-10-8-20(9-11-24)7-6-14-4-5-15(21)12-16(14)26-20/h4-5,12H,3,6-11H2,1-2H3,(H,22,23,25). The van der Waals surface area contributed by atoms with Gasteiger partial charge in [0, 0.05) is 36.9 Å². The molecule has 1 fully saturated rings. The van der Waals surface area contributed by atoms with E-state index in [0.29, 0.717) is 24.0 Å². The number of carbonyl (C=O) groups excluding carboxylic acids is 1. The van der Waals surface area contributed by atoms with Crippen molar-refractivity contribution >= 4 is 22.5 Å². The predicted molar refractivity (Wildman–Crippen MR) is 104 cm³/mol. The van der Waals surface area contributed by atoms with Crippen LogP contribution in [0.1, 0.15) is 42.3 Å². The van der Waals surface area contributed by atoms with E-state index < -0.39 is 0 Å². The molecule has 1 aromatic heterocycles. The van der Waals surface area contributed by atoms with Crippen molar-refractivity contribution in [3.63, 3.8) is 0 Å². The Balaban J connectivity index is 1.38. The number of carbonyl (C=O) groups is 1. The number of urea groups is 1. The maximum atomic E-state index is 13.5. The molecule has 1 aromatic carbocycles. The highest BCUT2D eigenvalue weighted by atomic mass is 32.1. The van der Waals surface area contributed by atoms with Crippen LogP contribution in [-0.4, -0.2) is 34.6 Å². The third-order valence-electron chi connectivity index (χ3n) is 5.60. The molecule has 0 aliphatic carbocycles. The Bertz CT molecular complexity index is 859. The average Bonchev–Trinajstić information content (AvgIpc) is 3.01. The van der Waals surface area contributed by atoms with Crippen LogP contribution in [-0.2, 0) is 12.8 Å². The normalized spacial score (nSPS) is 18.1. The lowest BCUT2D eigenvalue weighted by molar-refractivity contribution is -0.00459. The van der Waals surface area contributed by atoms with Crippen LogP contribution in [0, 0.1) is 12.7 Å². The van der Waals surface area contributed by atoms with E-state index in [1.807, 2.05) is 11.8 Å². The Labute approximate surface area is 162 Å².